The van der Waals surface area contributed by atoms with E-state index in [0.29, 0.717) is 6.54 Å². The minimum atomic E-state index is 0.663. The Morgan fingerprint density at radius 3 is 2.55 bits per heavy atom. The van der Waals surface area contributed by atoms with Gasteiger partial charge >= 0.3 is 0 Å². The molecule has 1 N–H and O–H groups in total. The first-order valence-electron chi connectivity index (χ1n) is 10.4. The van der Waals surface area contributed by atoms with Crippen LogP contribution in [0.1, 0.15) is 22.4 Å². The van der Waals surface area contributed by atoms with Crippen LogP contribution in [0.5, 0.6) is 0 Å². The van der Waals surface area contributed by atoms with E-state index in [0.717, 1.165) is 53.9 Å². The van der Waals surface area contributed by atoms with Crippen molar-refractivity contribution in [3.05, 3.63) is 110 Å². The largest absolute Gasteiger partial charge is 0.365 e. The van der Waals surface area contributed by atoms with Crippen molar-refractivity contribution in [2.24, 2.45) is 0 Å². The van der Waals surface area contributed by atoms with Crippen LogP contribution in [-0.2, 0) is 6.54 Å². The van der Waals surface area contributed by atoms with E-state index in [2.05, 4.69) is 55.9 Å². The fraction of sp³-hybridized carbons (Fsp3) is 0.0741. The van der Waals surface area contributed by atoms with Gasteiger partial charge in [-0.25, -0.2) is 4.98 Å². The van der Waals surface area contributed by atoms with Crippen LogP contribution in [0.4, 0.5) is 5.82 Å². The summed E-state index contributed by atoms with van der Waals surface area (Å²) in [6.07, 6.45) is 0. The van der Waals surface area contributed by atoms with Gasteiger partial charge in [0.05, 0.1) is 4.88 Å². The standard InChI is InChI=1S/C27H19BrClN3S/c1-18-23(28)13-14-25-31-26(27(32(18)25)30-16-20-9-11-22(29)12-10-20)24-15-21(17-33-24)8-7-19-5-3-2-4-6-19/h2-6,9-15,17,30H,16H2,1H3. The molecular formula is C27H19BrClN3S. The predicted molar refractivity (Wildman–Crippen MR) is 142 cm³/mol. The lowest BCUT2D eigenvalue weighted by molar-refractivity contribution is 1.04. The second kappa shape index (κ2) is 9.44. The maximum absolute atomic E-state index is 6.05. The van der Waals surface area contributed by atoms with Gasteiger partial charge in [0.2, 0.25) is 0 Å². The van der Waals surface area contributed by atoms with Crippen LogP contribution in [0.15, 0.2) is 82.6 Å². The monoisotopic (exact) mass is 531 g/mol. The van der Waals surface area contributed by atoms with Crippen molar-refractivity contribution in [3.63, 3.8) is 0 Å². The molecule has 0 atom stereocenters. The van der Waals surface area contributed by atoms with Crippen LogP contribution in [0.3, 0.4) is 0 Å². The molecule has 5 rings (SSSR count). The summed E-state index contributed by atoms with van der Waals surface area (Å²) in [7, 11) is 0. The minimum Gasteiger partial charge on any atom is -0.365 e. The van der Waals surface area contributed by atoms with Gasteiger partial charge in [0.15, 0.2) is 0 Å². The second-order valence-corrected chi connectivity index (χ2v) is 9.77. The molecule has 6 heteroatoms. The molecule has 0 unspecified atom stereocenters. The molecule has 0 fully saturated rings. The molecule has 3 heterocycles. The topological polar surface area (TPSA) is 29.3 Å². The predicted octanol–water partition coefficient (Wildman–Crippen LogP) is 7.80. The highest BCUT2D eigenvalue weighted by molar-refractivity contribution is 9.10. The molecule has 2 aromatic carbocycles. The zero-order chi connectivity index (χ0) is 22.8. The summed E-state index contributed by atoms with van der Waals surface area (Å²) in [4.78, 5) is 6.04. The summed E-state index contributed by atoms with van der Waals surface area (Å²) >= 11 is 11.4. The Balaban J connectivity index is 1.53. The van der Waals surface area contributed by atoms with Crippen LogP contribution in [0.2, 0.25) is 5.02 Å². The molecule has 0 aliphatic rings. The van der Waals surface area contributed by atoms with E-state index >= 15 is 0 Å². The third-order valence-electron chi connectivity index (χ3n) is 5.29. The summed E-state index contributed by atoms with van der Waals surface area (Å²) in [5.74, 6) is 7.47. The van der Waals surface area contributed by atoms with Crippen molar-refractivity contribution in [2.45, 2.75) is 13.5 Å². The van der Waals surface area contributed by atoms with Gasteiger partial charge in [0, 0.05) is 38.2 Å². The number of hydrogen-bond acceptors (Lipinski definition) is 3. The van der Waals surface area contributed by atoms with Crippen molar-refractivity contribution >= 4 is 50.3 Å². The SMILES string of the molecule is Cc1c(Br)ccc2nc(-c3cc(C#Cc4ccccc4)cs3)c(NCc3ccc(Cl)cc3)n12. The summed E-state index contributed by atoms with van der Waals surface area (Å²) in [6, 6.07) is 24.1. The molecular weight excluding hydrogens is 514 g/mol. The number of aromatic nitrogens is 2. The van der Waals surface area contributed by atoms with Gasteiger partial charge in [-0.3, -0.25) is 4.40 Å². The summed E-state index contributed by atoms with van der Waals surface area (Å²) in [6.45, 7) is 2.75. The van der Waals surface area contributed by atoms with E-state index in [9.17, 15) is 0 Å². The van der Waals surface area contributed by atoms with Gasteiger partial charge in [-0.2, -0.15) is 0 Å². The van der Waals surface area contributed by atoms with E-state index < -0.39 is 0 Å². The Bertz CT molecular complexity index is 1490. The fourth-order valence-electron chi connectivity index (χ4n) is 3.58. The molecule has 3 aromatic heterocycles. The zero-order valence-electron chi connectivity index (χ0n) is 17.8. The number of anilines is 1. The van der Waals surface area contributed by atoms with Crippen LogP contribution in [0, 0.1) is 18.8 Å². The number of benzene rings is 2. The first-order valence-corrected chi connectivity index (χ1v) is 12.5. The number of halogens is 2. The zero-order valence-corrected chi connectivity index (χ0v) is 20.9. The van der Waals surface area contributed by atoms with Crippen LogP contribution in [0.25, 0.3) is 16.2 Å². The molecule has 0 amide bonds. The molecule has 162 valence electrons. The number of aryl methyl sites for hydroxylation is 1. The molecule has 0 bridgehead atoms. The maximum atomic E-state index is 6.05. The molecule has 3 nitrogen and oxygen atoms in total. The summed E-state index contributed by atoms with van der Waals surface area (Å²) in [5, 5.41) is 6.43. The quantitative estimate of drug-likeness (QED) is 0.239. The normalized spacial score (nSPS) is 10.8. The smallest absolute Gasteiger partial charge is 0.140 e. The third kappa shape index (κ3) is 4.69. The van der Waals surface area contributed by atoms with Gasteiger partial charge in [0.25, 0.3) is 0 Å². The van der Waals surface area contributed by atoms with Crippen molar-refractivity contribution in [1.82, 2.24) is 9.38 Å². The Morgan fingerprint density at radius 1 is 1.00 bits per heavy atom. The Kier molecular flexibility index (Phi) is 6.24. The first kappa shape index (κ1) is 21.8. The second-order valence-electron chi connectivity index (χ2n) is 7.56. The molecule has 5 aromatic rings. The molecule has 0 aliphatic heterocycles. The summed E-state index contributed by atoms with van der Waals surface area (Å²) in [5.41, 5.74) is 6.04. The van der Waals surface area contributed by atoms with Crippen molar-refractivity contribution in [2.75, 3.05) is 5.32 Å². The lowest BCUT2D eigenvalue weighted by Crippen LogP contribution is -2.05. The molecule has 0 saturated heterocycles. The molecule has 0 aliphatic carbocycles. The first-order chi connectivity index (χ1) is 16.1. The van der Waals surface area contributed by atoms with Gasteiger partial charge in [0.1, 0.15) is 17.2 Å². The van der Waals surface area contributed by atoms with Gasteiger partial charge in [-0.15, -0.1) is 11.3 Å². The van der Waals surface area contributed by atoms with Gasteiger partial charge in [-0.1, -0.05) is 53.8 Å². The number of nitrogens with zero attached hydrogens (tertiary/aromatic N) is 2. The number of nitrogens with one attached hydrogen (secondary N) is 1. The summed E-state index contributed by atoms with van der Waals surface area (Å²) < 4.78 is 3.19. The highest BCUT2D eigenvalue weighted by Crippen LogP contribution is 2.35. The average Bonchev–Trinajstić information content (AvgIpc) is 3.45. The number of pyridine rings is 1. The van der Waals surface area contributed by atoms with Crippen molar-refractivity contribution in [1.29, 1.82) is 0 Å². The van der Waals surface area contributed by atoms with E-state index in [-0.39, 0.29) is 0 Å². The lowest BCUT2D eigenvalue weighted by Gasteiger charge is -2.11. The van der Waals surface area contributed by atoms with Crippen LogP contribution >= 0.6 is 38.9 Å². The van der Waals surface area contributed by atoms with E-state index in [4.69, 9.17) is 16.6 Å². The number of thiophene rings is 1. The lowest BCUT2D eigenvalue weighted by atomic mass is 10.2. The molecule has 0 spiro atoms. The highest BCUT2D eigenvalue weighted by atomic mass is 79.9. The minimum absolute atomic E-state index is 0.663. The molecule has 0 radical (unpaired) electrons. The van der Waals surface area contributed by atoms with Crippen molar-refractivity contribution < 1.29 is 0 Å². The highest BCUT2D eigenvalue weighted by Gasteiger charge is 2.18. The van der Waals surface area contributed by atoms with Gasteiger partial charge in [-0.05, 0) is 70.9 Å². The number of imidazole rings is 1. The molecule has 0 saturated carbocycles. The number of fused-ring (bicyclic) bond motifs is 1. The van der Waals surface area contributed by atoms with Crippen molar-refractivity contribution in [3.8, 4) is 22.4 Å². The maximum Gasteiger partial charge on any atom is 0.140 e. The fourth-order valence-corrected chi connectivity index (χ4v) is 4.84. The third-order valence-corrected chi connectivity index (χ3v) is 7.32. The Labute approximate surface area is 210 Å². The average molecular weight is 533 g/mol. The van der Waals surface area contributed by atoms with E-state index in [1.165, 1.54) is 0 Å². The molecule has 33 heavy (non-hydrogen) atoms. The van der Waals surface area contributed by atoms with Gasteiger partial charge < -0.3 is 5.32 Å². The van der Waals surface area contributed by atoms with Crippen LogP contribution < -0.4 is 5.32 Å². The number of rotatable bonds is 4. The van der Waals surface area contributed by atoms with E-state index in [1.807, 2.05) is 66.7 Å². The Hall–Kier alpha value is -3.04. The number of hydrogen-bond donors (Lipinski definition) is 1. The Morgan fingerprint density at radius 2 is 1.76 bits per heavy atom. The van der Waals surface area contributed by atoms with E-state index in [1.54, 1.807) is 11.3 Å². The van der Waals surface area contributed by atoms with Crippen LogP contribution in [-0.4, -0.2) is 9.38 Å².